The summed E-state index contributed by atoms with van der Waals surface area (Å²) in [6.45, 7) is 3.16. The van der Waals surface area contributed by atoms with E-state index in [1.807, 2.05) is 0 Å². The fraction of sp³-hybridized carbons (Fsp3) is 0.571. The molecule has 98 valence electrons. The molecule has 0 atom stereocenters. The van der Waals surface area contributed by atoms with Crippen molar-refractivity contribution >= 4 is 11.7 Å². The van der Waals surface area contributed by atoms with E-state index in [1.165, 1.54) is 31.9 Å². The lowest BCUT2D eigenvalue weighted by atomic mass is 9.83. The fourth-order valence-corrected chi connectivity index (χ4v) is 2.51. The molecule has 1 heterocycles. The normalized spacial score (nSPS) is 23.6. The first-order valence-corrected chi connectivity index (χ1v) is 6.58. The molecule has 0 aliphatic heterocycles. The molecule has 0 aromatic carbocycles. The van der Waals surface area contributed by atoms with E-state index in [4.69, 9.17) is 5.11 Å². The molecule has 1 aliphatic rings. The quantitative estimate of drug-likeness (QED) is 0.859. The standard InChI is InChI=1S/C14H20N2O2/c1-10-2-4-11(5-3-10)8-16-13-6-7-15-9-12(13)14(17)18/h6-7,9-11H,2-5,8H2,1H3,(H,15,16)(H,17,18). The zero-order valence-corrected chi connectivity index (χ0v) is 10.7. The Bertz CT molecular complexity index is 412. The molecule has 0 radical (unpaired) electrons. The second-order valence-electron chi connectivity index (χ2n) is 5.23. The van der Waals surface area contributed by atoms with Crippen LogP contribution < -0.4 is 5.32 Å². The lowest BCUT2D eigenvalue weighted by Gasteiger charge is -2.26. The third-order valence-corrected chi connectivity index (χ3v) is 3.77. The first-order valence-electron chi connectivity index (χ1n) is 6.58. The van der Waals surface area contributed by atoms with Crippen molar-refractivity contribution in [1.29, 1.82) is 0 Å². The van der Waals surface area contributed by atoms with Crippen molar-refractivity contribution in [2.75, 3.05) is 11.9 Å². The van der Waals surface area contributed by atoms with Crippen LogP contribution in [0.15, 0.2) is 18.5 Å². The van der Waals surface area contributed by atoms with Crippen LogP contribution in [0.25, 0.3) is 0 Å². The van der Waals surface area contributed by atoms with Gasteiger partial charge in [-0.15, -0.1) is 0 Å². The smallest absolute Gasteiger partial charge is 0.339 e. The number of pyridine rings is 1. The van der Waals surface area contributed by atoms with Crippen molar-refractivity contribution in [2.24, 2.45) is 11.8 Å². The summed E-state index contributed by atoms with van der Waals surface area (Å²) in [4.78, 5) is 14.9. The Morgan fingerprint density at radius 2 is 2.17 bits per heavy atom. The fourth-order valence-electron chi connectivity index (χ4n) is 2.51. The number of carboxylic acid groups (broad SMARTS) is 1. The van der Waals surface area contributed by atoms with Gasteiger partial charge in [-0.05, 0) is 30.7 Å². The van der Waals surface area contributed by atoms with E-state index >= 15 is 0 Å². The summed E-state index contributed by atoms with van der Waals surface area (Å²) < 4.78 is 0. The van der Waals surface area contributed by atoms with Gasteiger partial charge >= 0.3 is 5.97 Å². The minimum atomic E-state index is -0.928. The molecular weight excluding hydrogens is 228 g/mol. The number of aromatic carboxylic acids is 1. The molecule has 0 spiro atoms. The summed E-state index contributed by atoms with van der Waals surface area (Å²) in [7, 11) is 0. The second kappa shape index (κ2) is 5.85. The van der Waals surface area contributed by atoms with Crippen molar-refractivity contribution in [2.45, 2.75) is 32.6 Å². The van der Waals surface area contributed by atoms with Crippen LogP contribution in [0.1, 0.15) is 43.0 Å². The summed E-state index contributed by atoms with van der Waals surface area (Å²) >= 11 is 0. The van der Waals surface area contributed by atoms with Crippen LogP contribution in [0.5, 0.6) is 0 Å². The van der Waals surface area contributed by atoms with E-state index in [0.717, 1.165) is 12.5 Å². The van der Waals surface area contributed by atoms with Crippen molar-refractivity contribution in [3.8, 4) is 0 Å². The van der Waals surface area contributed by atoms with Gasteiger partial charge in [0.1, 0.15) is 5.56 Å². The average molecular weight is 248 g/mol. The summed E-state index contributed by atoms with van der Waals surface area (Å²) in [5.74, 6) is 0.579. The number of anilines is 1. The summed E-state index contributed by atoms with van der Waals surface area (Å²) in [6.07, 6.45) is 8.07. The summed E-state index contributed by atoms with van der Waals surface area (Å²) in [5.41, 5.74) is 0.929. The first-order chi connectivity index (χ1) is 8.66. The van der Waals surface area contributed by atoms with Gasteiger partial charge in [0, 0.05) is 18.9 Å². The Hall–Kier alpha value is -1.58. The van der Waals surface area contributed by atoms with Crippen LogP contribution in [-0.4, -0.2) is 22.6 Å². The van der Waals surface area contributed by atoms with E-state index in [2.05, 4.69) is 17.2 Å². The highest BCUT2D eigenvalue weighted by atomic mass is 16.4. The van der Waals surface area contributed by atoms with Crippen molar-refractivity contribution < 1.29 is 9.90 Å². The van der Waals surface area contributed by atoms with Gasteiger partial charge < -0.3 is 10.4 Å². The van der Waals surface area contributed by atoms with E-state index in [9.17, 15) is 4.79 Å². The maximum atomic E-state index is 11.0. The van der Waals surface area contributed by atoms with Gasteiger partial charge in [-0.3, -0.25) is 4.98 Å². The largest absolute Gasteiger partial charge is 0.478 e. The maximum absolute atomic E-state index is 11.0. The third kappa shape index (κ3) is 3.22. The molecule has 4 heteroatoms. The minimum absolute atomic E-state index is 0.252. The molecule has 4 nitrogen and oxygen atoms in total. The Morgan fingerprint density at radius 3 is 2.83 bits per heavy atom. The zero-order valence-electron chi connectivity index (χ0n) is 10.7. The minimum Gasteiger partial charge on any atom is -0.478 e. The lowest BCUT2D eigenvalue weighted by Crippen LogP contribution is -2.21. The molecular formula is C14H20N2O2. The topological polar surface area (TPSA) is 62.2 Å². The van der Waals surface area contributed by atoms with E-state index in [1.54, 1.807) is 12.3 Å². The van der Waals surface area contributed by atoms with Gasteiger partial charge in [0.25, 0.3) is 0 Å². The Kier molecular flexibility index (Phi) is 4.18. The van der Waals surface area contributed by atoms with Gasteiger partial charge in [-0.2, -0.15) is 0 Å². The van der Waals surface area contributed by atoms with Crippen molar-refractivity contribution in [1.82, 2.24) is 4.98 Å². The van der Waals surface area contributed by atoms with Crippen molar-refractivity contribution in [3.63, 3.8) is 0 Å². The van der Waals surface area contributed by atoms with Crippen LogP contribution in [-0.2, 0) is 0 Å². The highest BCUT2D eigenvalue weighted by Gasteiger charge is 2.18. The maximum Gasteiger partial charge on any atom is 0.339 e. The first kappa shape index (κ1) is 12.9. The highest BCUT2D eigenvalue weighted by Crippen LogP contribution is 2.28. The van der Waals surface area contributed by atoms with E-state index in [0.29, 0.717) is 11.6 Å². The van der Waals surface area contributed by atoms with Gasteiger partial charge in [-0.25, -0.2) is 4.79 Å². The number of carboxylic acids is 1. The van der Waals surface area contributed by atoms with Gasteiger partial charge in [0.15, 0.2) is 0 Å². The predicted molar refractivity (Wildman–Crippen MR) is 70.8 cm³/mol. The molecule has 1 aromatic rings. The summed E-state index contributed by atoms with van der Waals surface area (Å²) in [6, 6.07) is 1.73. The third-order valence-electron chi connectivity index (χ3n) is 3.77. The molecule has 1 saturated carbocycles. The molecule has 0 saturated heterocycles. The molecule has 0 unspecified atom stereocenters. The number of rotatable bonds is 4. The highest BCUT2D eigenvalue weighted by molar-refractivity contribution is 5.93. The molecule has 1 aliphatic carbocycles. The van der Waals surface area contributed by atoms with Crippen LogP contribution in [0.4, 0.5) is 5.69 Å². The molecule has 18 heavy (non-hydrogen) atoms. The molecule has 1 aromatic heterocycles. The number of aromatic nitrogens is 1. The van der Waals surface area contributed by atoms with Crippen molar-refractivity contribution in [3.05, 3.63) is 24.0 Å². The Labute approximate surface area is 107 Å². The molecule has 1 fully saturated rings. The van der Waals surface area contributed by atoms with Gasteiger partial charge in [0.2, 0.25) is 0 Å². The molecule has 0 amide bonds. The SMILES string of the molecule is CC1CCC(CNc2ccncc2C(=O)O)CC1. The number of hydrogen-bond acceptors (Lipinski definition) is 3. The van der Waals surface area contributed by atoms with Gasteiger partial charge in [0.05, 0.1) is 5.69 Å². The molecule has 2 N–H and O–H groups in total. The molecule has 2 rings (SSSR count). The van der Waals surface area contributed by atoms with Crippen LogP contribution in [0, 0.1) is 11.8 Å². The van der Waals surface area contributed by atoms with Crippen LogP contribution in [0.2, 0.25) is 0 Å². The van der Waals surface area contributed by atoms with Crippen LogP contribution >= 0.6 is 0 Å². The predicted octanol–water partition coefficient (Wildman–Crippen LogP) is 3.02. The van der Waals surface area contributed by atoms with Crippen LogP contribution in [0.3, 0.4) is 0 Å². The van der Waals surface area contributed by atoms with Gasteiger partial charge in [-0.1, -0.05) is 19.8 Å². The monoisotopic (exact) mass is 248 g/mol. The Balaban J connectivity index is 1.92. The number of carbonyl (C=O) groups is 1. The zero-order chi connectivity index (χ0) is 13.0. The van der Waals surface area contributed by atoms with E-state index < -0.39 is 5.97 Å². The summed E-state index contributed by atoms with van der Waals surface area (Å²) in [5, 5.41) is 12.3. The number of nitrogens with one attached hydrogen (secondary N) is 1. The number of hydrogen-bond donors (Lipinski definition) is 2. The van der Waals surface area contributed by atoms with E-state index in [-0.39, 0.29) is 5.56 Å². The Morgan fingerprint density at radius 1 is 1.44 bits per heavy atom. The molecule has 0 bridgehead atoms. The lowest BCUT2D eigenvalue weighted by molar-refractivity contribution is 0.0697. The number of nitrogens with zero attached hydrogens (tertiary/aromatic N) is 1. The average Bonchev–Trinajstić information content (AvgIpc) is 2.38. The second-order valence-corrected chi connectivity index (χ2v) is 5.23.